The van der Waals surface area contributed by atoms with E-state index in [1.165, 1.54) is 12.5 Å². The topological polar surface area (TPSA) is 36.9 Å². The van der Waals surface area contributed by atoms with Crippen molar-refractivity contribution in [3.8, 4) is 6.07 Å². The summed E-state index contributed by atoms with van der Waals surface area (Å²) in [5.41, 5.74) is 1.15. The van der Waals surface area contributed by atoms with Gasteiger partial charge in [-0.25, -0.2) is 0 Å². The molecule has 0 fully saturated rings. The fourth-order valence-corrected chi connectivity index (χ4v) is 0.422. The Kier molecular flexibility index (Phi) is 1.05. The van der Waals surface area contributed by atoms with Crippen molar-refractivity contribution in [2.24, 2.45) is 0 Å². The van der Waals surface area contributed by atoms with E-state index < -0.39 is 0 Å². The van der Waals surface area contributed by atoms with Gasteiger partial charge in [0.25, 0.3) is 0 Å². The molecule has 1 radical (unpaired) electrons. The third-order valence-corrected chi connectivity index (χ3v) is 0.863. The Hall–Kier alpha value is -1.23. The first kappa shape index (κ1) is 4.92. The number of hydrogen-bond acceptors (Lipinski definition) is 2. The summed E-state index contributed by atoms with van der Waals surface area (Å²) in [6.45, 7) is 3.54. The zero-order valence-electron chi connectivity index (χ0n) is 4.22. The summed E-state index contributed by atoms with van der Waals surface area (Å²) in [4.78, 5) is 0. The van der Waals surface area contributed by atoms with Crippen molar-refractivity contribution in [1.29, 1.82) is 5.26 Å². The third-order valence-electron chi connectivity index (χ3n) is 0.863. The van der Waals surface area contributed by atoms with E-state index in [9.17, 15) is 0 Å². The third kappa shape index (κ3) is 0.584. The number of rotatable bonds is 0. The van der Waals surface area contributed by atoms with E-state index in [0.717, 1.165) is 0 Å². The molecular weight excluding hydrogens is 102 g/mol. The maximum absolute atomic E-state index is 8.26. The Bertz CT molecular complexity index is 219. The molecule has 1 rings (SSSR count). The first-order valence-electron chi connectivity index (χ1n) is 2.13. The Morgan fingerprint density at radius 2 is 2.38 bits per heavy atom. The lowest BCUT2D eigenvalue weighted by molar-refractivity contribution is 0.565. The molecule has 0 aromatic carbocycles. The Morgan fingerprint density at radius 3 is 2.62 bits per heavy atom. The smallest absolute Gasteiger partial charge is 0.108 e. The van der Waals surface area contributed by atoms with Crippen molar-refractivity contribution in [3.63, 3.8) is 0 Å². The molecule has 1 heterocycles. The summed E-state index contributed by atoms with van der Waals surface area (Å²) in [6, 6.07) is 1.92. The van der Waals surface area contributed by atoms with Crippen LogP contribution in [0, 0.1) is 18.3 Å². The predicted molar refractivity (Wildman–Crippen MR) is 27.9 cm³/mol. The van der Waals surface area contributed by atoms with Gasteiger partial charge in [-0.05, 0) is 6.92 Å². The summed E-state index contributed by atoms with van der Waals surface area (Å²) in [6.07, 6.45) is 2.82. The van der Waals surface area contributed by atoms with Crippen LogP contribution in [-0.2, 0) is 0 Å². The molecule has 0 N–H and O–H groups in total. The lowest BCUT2D eigenvalue weighted by Crippen LogP contribution is -1.67. The van der Waals surface area contributed by atoms with E-state index in [4.69, 9.17) is 5.26 Å². The molecule has 0 bridgehead atoms. The summed E-state index contributed by atoms with van der Waals surface area (Å²) in [5, 5.41) is 8.26. The molecule has 0 saturated carbocycles. The van der Waals surface area contributed by atoms with E-state index in [2.05, 4.69) is 11.3 Å². The van der Waals surface area contributed by atoms with E-state index in [0.29, 0.717) is 11.1 Å². The number of hydrogen-bond donors (Lipinski definition) is 0. The van der Waals surface area contributed by atoms with E-state index in [-0.39, 0.29) is 0 Å². The van der Waals surface area contributed by atoms with E-state index in [1.807, 2.05) is 6.07 Å². The molecule has 0 aliphatic rings. The van der Waals surface area contributed by atoms with Gasteiger partial charge in [-0.3, -0.25) is 0 Å². The molecule has 8 heavy (non-hydrogen) atoms. The molecular formula is C6H4NO. The molecule has 0 unspecified atom stereocenters. The predicted octanol–water partition coefficient (Wildman–Crippen LogP) is 1.33. The van der Waals surface area contributed by atoms with Gasteiger partial charge in [0.2, 0.25) is 0 Å². The van der Waals surface area contributed by atoms with Gasteiger partial charge in [0, 0.05) is 5.56 Å². The average molecular weight is 106 g/mol. The minimum Gasteiger partial charge on any atom is -0.471 e. The first-order valence-corrected chi connectivity index (χ1v) is 2.13. The zero-order valence-corrected chi connectivity index (χ0v) is 4.22. The van der Waals surface area contributed by atoms with Gasteiger partial charge in [0.05, 0.1) is 11.8 Å². The van der Waals surface area contributed by atoms with Gasteiger partial charge in [-0.2, -0.15) is 5.26 Å². The van der Waals surface area contributed by atoms with Crippen molar-refractivity contribution in [1.82, 2.24) is 0 Å². The summed E-state index contributed by atoms with van der Waals surface area (Å²) in [7, 11) is 0. The van der Waals surface area contributed by atoms with Crippen LogP contribution in [0.4, 0.5) is 0 Å². The van der Waals surface area contributed by atoms with E-state index in [1.54, 1.807) is 0 Å². The monoisotopic (exact) mass is 106 g/mol. The van der Waals surface area contributed by atoms with E-state index >= 15 is 0 Å². The highest BCUT2D eigenvalue weighted by Gasteiger charge is 1.95. The summed E-state index contributed by atoms with van der Waals surface area (Å²) < 4.78 is 4.65. The molecule has 0 amide bonds. The minimum atomic E-state index is 0.505. The summed E-state index contributed by atoms with van der Waals surface area (Å²) >= 11 is 0. The van der Waals surface area contributed by atoms with Gasteiger partial charge in [-0.15, -0.1) is 0 Å². The standard InChI is InChI=1S/C6H4NO/c1-5-3-8-4-6(5)2-7/h3-4H,1H2. The molecule has 2 nitrogen and oxygen atoms in total. The van der Waals surface area contributed by atoms with Gasteiger partial charge in [0.1, 0.15) is 12.3 Å². The molecule has 0 spiro atoms. The van der Waals surface area contributed by atoms with Crippen molar-refractivity contribution in [2.45, 2.75) is 0 Å². The fourth-order valence-electron chi connectivity index (χ4n) is 0.422. The van der Waals surface area contributed by atoms with Crippen LogP contribution in [0.2, 0.25) is 0 Å². The van der Waals surface area contributed by atoms with Crippen LogP contribution in [0.25, 0.3) is 0 Å². The maximum atomic E-state index is 8.26. The van der Waals surface area contributed by atoms with Crippen LogP contribution in [0.1, 0.15) is 11.1 Å². The van der Waals surface area contributed by atoms with Crippen LogP contribution in [0.5, 0.6) is 0 Å². The van der Waals surface area contributed by atoms with Crippen molar-refractivity contribution in [3.05, 3.63) is 30.6 Å². The van der Waals surface area contributed by atoms with Gasteiger partial charge in [-0.1, -0.05) is 0 Å². The largest absolute Gasteiger partial charge is 0.471 e. The molecule has 0 saturated heterocycles. The Balaban J connectivity index is 3.15. The molecule has 1 aromatic heterocycles. The second-order valence-corrected chi connectivity index (χ2v) is 1.42. The van der Waals surface area contributed by atoms with Crippen LogP contribution in [0.15, 0.2) is 16.9 Å². The maximum Gasteiger partial charge on any atom is 0.108 e. The first-order chi connectivity index (χ1) is 3.84. The van der Waals surface area contributed by atoms with Gasteiger partial charge in [0.15, 0.2) is 0 Å². The second kappa shape index (κ2) is 1.71. The highest BCUT2D eigenvalue weighted by Crippen LogP contribution is 2.04. The van der Waals surface area contributed by atoms with Crippen molar-refractivity contribution < 1.29 is 4.42 Å². The van der Waals surface area contributed by atoms with Crippen LogP contribution < -0.4 is 0 Å². The Morgan fingerprint density at radius 1 is 1.62 bits per heavy atom. The zero-order chi connectivity index (χ0) is 5.98. The Labute approximate surface area is 47.3 Å². The molecule has 0 atom stereocenters. The highest BCUT2D eigenvalue weighted by atomic mass is 16.3. The molecule has 0 aliphatic heterocycles. The second-order valence-electron chi connectivity index (χ2n) is 1.42. The van der Waals surface area contributed by atoms with Crippen LogP contribution >= 0.6 is 0 Å². The average Bonchev–Trinajstić information content (AvgIpc) is 2.14. The number of nitrogens with zero attached hydrogens (tertiary/aromatic N) is 1. The quantitative estimate of drug-likeness (QED) is 0.500. The summed E-state index contributed by atoms with van der Waals surface area (Å²) in [5.74, 6) is 0. The fraction of sp³-hybridized carbons (Fsp3) is 0. The van der Waals surface area contributed by atoms with Crippen molar-refractivity contribution >= 4 is 0 Å². The normalized spacial score (nSPS) is 8.50. The van der Waals surface area contributed by atoms with Crippen LogP contribution in [0.3, 0.4) is 0 Å². The molecule has 0 aliphatic carbocycles. The van der Waals surface area contributed by atoms with Crippen molar-refractivity contribution in [2.75, 3.05) is 0 Å². The van der Waals surface area contributed by atoms with Gasteiger partial charge < -0.3 is 4.42 Å². The molecule has 2 heteroatoms. The lowest BCUT2D eigenvalue weighted by Gasteiger charge is -1.73. The SMILES string of the molecule is [CH2]c1cocc1C#N. The van der Waals surface area contributed by atoms with Gasteiger partial charge >= 0.3 is 0 Å². The molecule has 1 aromatic rings. The lowest BCUT2D eigenvalue weighted by atomic mass is 10.2. The number of nitriles is 1. The highest BCUT2D eigenvalue weighted by molar-refractivity contribution is 5.34. The van der Waals surface area contributed by atoms with Crippen LogP contribution in [-0.4, -0.2) is 0 Å². The number of furan rings is 1. The molecule has 39 valence electrons. The minimum absolute atomic E-state index is 0.505.